The number of ether oxygens (including phenoxy) is 1. The molecule has 1 N–H and O–H groups in total. The number of benzene rings is 1. The second-order valence-corrected chi connectivity index (χ2v) is 5.41. The minimum Gasteiger partial charge on any atom is -0.381 e. The zero-order valence-corrected chi connectivity index (χ0v) is 11.5. The van der Waals surface area contributed by atoms with Crippen LogP contribution >= 0.6 is 0 Å². The average molecular weight is 291 g/mol. The van der Waals surface area contributed by atoms with Gasteiger partial charge >= 0.3 is 0 Å². The lowest BCUT2D eigenvalue weighted by atomic mass is 10.1. The van der Waals surface area contributed by atoms with E-state index in [9.17, 15) is 14.9 Å². The number of hydrogen-bond acceptors (Lipinski definition) is 5. The first-order valence-electron chi connectivity index (χ1n) is 7.00. The molecule has 0 spiro atoms. The molecule has 2 aliphatic rings. The van der Waals surface area contributed by atoms with Crippen LogP contribution in [0.3, 0.4) is 0 Å². The van der Waals surface area contributed by atoms with Crippen LogP contribution in [0.4, 0.5) is 5.69 Å². The van der Waals surface area contributed by atoms with Crippen molar-refractivity contribution >= 4 is 11.6 Å². The number of nitro groups is 1. The smallest absolute Gasteiger partial charge is 0.269 e. The number of carbonyl (C=O) groups is 1. The van der Waals surface area contributed by atoms with Gasteiger partial charge in [0.05, 0.1) is 18.1 Å². The highest BCUT2D eigenvalue weighted by atomic mass is 16.6. The average Bonchev–Trinajstić information content (AvgIpc) is 3.11. The lowest BCUT2D eigenvalue weighted by Gasteiger charge is -2.26. The van der Waals surface area contributed by atoms with E-state index in [4.69, 9.17) is 4.74 Å². The zero-order valence-electron chi connectivity index (χ0n) is 11.5. The molecule has 21 heavy (non-hydrogen) atoms. The van der Waals surface area contributed by atoms with Gasteiger partial charge in [-0.15, -0.1) is 0 Å². The molecule has 7 nitrogen and oxygen atoms in total. The monoisotopic (exact) mass is 291 g/mol. The number of nitrogens with zero attached hydrogens (tertiary/aromatic N) is 2. The number of amides is 1. The minimum atomic E-state index is -0.426. The highest BCUT2D eigenvalue weighted by Gasteiger charge is 2.34. The van der Waals surface area contributed by atoms with Crippen LogP contribution in [-0.2, 0) is 9.53 Å². The molecule has 3 rings (SSSR count). The maximum absolute atomic E-state index is 12.0. The van der Waals surface area contributed by atoms with Crippen molar-refractivity contribution in [2.24, 2.45) is 5.92 Å². The van der Waals surface area contributed by atoms with Gasteiger partial charge in [0.25, 0.3) is 5.69 Å². The highest BCUT2D eigenvalue weighted by molar-refractivity contribution is 5.81. The van der Waals surface area contributed by atoms with Crippen LogP contribution in [0.1, 0.15) is 18.2 Å². The summed E-state index contributed by atoms with van der Waals surface area (Å²) in [6, 6.07) is 6.34. The fourth-order valence-electron chi connectivity index (χ4n) is 2.83. The summed E-state index contributed by atoms with van der Waals surface area (Å²) in [5.41, 5.74) is 0.921. The van der Waals surface area contributed by atoms with Crippen molar-refractivity contribution in [2.45, 2.75) is 12.6 Å². The van der Waals surface area contributed by atoms with Crippen molar-refractivity contribution in [1.82, 2.24) is 10.2 Å². The van der Waals surface area contributed by atoms with Crippen molar-refractivity contribution in [3.8, 4) is 0 Å². The maximum atomic E-state index is 12.0. The van der Waals surface area contributed by atoms with E-state index in [-0.39, 0.29) is 17.8 Å². The Labute approximate surface area is 122 Å². The van der Waals surface area contributed by atoms with Gasteiger partial charge < -0.3 is 9.64 Å². The van der Waals surface area contributed by atoms with Gasteiger partial charge in [0.2, 0.25) is 5.91 Å². The minimum absolute atomic E-state index is 0.0545. The number of nitrogens with one attached hydrogen (secondary N) is 1. The topological polar surface area (TPSA) is 84.7 Å². The Morgan fingerprint density at radius 1 is 1.38 bits per heavy atom. The summed E-state index contributed by atoms with van der Waals surface area (Å²) < 4.78 is 5.35. The third-order valence-corrected chi connectivity index (χ3v) is 3.98. The molecule has 0 saturated carbocycles. The Kier molecular flexibility index (Phi) is 3.85. The van der Waals surface area contributed by atoms with Gasteiger partial charge in [0.1, 0.15) is 6.17 Å². The molecule has 2 saturated heterocycles. The number of nitro benzene ring substituents is 1. The standard InChI is InChI=1S/C14H17N3O4/c18-13-7-15-14(16(13)8-10-5-6-21-9-10)11-1-3-12(4-2-11)17(19)20/h1-4,10,14-15H,5-9H2. The molecule has 2 atom stereocenters. The predicted octanol–water partition coefficient (Wildman–Crippen LogP) is 1.06. The Morgan fingerprint density at radius 2 is 2.14 bits per heavy atom. The van der Waals surface area contributed by atoms with Gasteiger partial charge in [0.15, 0.2) is 0 Å². The van der Waals surface area contributed by atoms with E-state index < -0.39 is 4.92 Å². The van der Waals surface area contributed by atoms with E-state index in [1.807, 2.05) is 0 Å². The van der Waals surface area contributed by atoms with Gasteiger partial charge in [-0.25, -0.2) is 0 Å². The van der Waals surface area contributed by atoms with Crippen molar-refractivity contribution in [3.05, 3.63) is 39.9 Å². The molecule has 7 heteroatoms. The molecule has 1 aromatic rings. The number of hydrogen-bond donors (Lipinski definition) is 1. The van der Waals surface area contributed by atoms with E-state index in [2.05, 4.69) is 5.32 Å². The molecule has 1 aromatic carbocycles. The highest BCUT2D eigenvalue weighted by Crippen LogP contribution is 2.26. The number of non-ortho nitro benzene ring substituents is 1. The summed E-state index contributed by atoms with van der Waals surface area (Å²) >= 11 is 0. The lowest BCUT2D eigenvalue weighted by molar-refractivity contribution is -0.384. The van der Waals surface area contributed by atoms with Crippen LogP contribution in [0.25, 0.3) is 0 Å². The van der Waals surface area contributed by atoms with E-state index in [1.54, 1.807) is 17.0 Å². The van der Waals surface area contributed by atoms with Crippen molar-refractivity contribution in [1.29, 1.82) is 0 Å². The van der Waals surface area contributed by atoms with Gasteiger partial charge in [-0.2, -0.15) is 0 Å². The fourth-order valence-corrected chi connectivity index (χ4v) is 2.83. The Bertz CT molecular complexity index is 540. The van der Waals surface area contributed by atoms with Crippen LogP contribution in [0.5, 0.6) is 0 Å². The molecule has 2 aliphatic heterocycles. The summed E-state index contributed by atoms with van der Waals surface area (Å²) in [6.07, 6.45) is 0.760. The van der Waals surface area contributed by atoms with Gasteiger partial charge in [-0.1, -0.05) is 0 Å². The summed E-state index contributed by atoms with van der Waals surface area (Å²) in [7, 11) is 0. The van der Waals surface area contributed by atoms with Gasteiger partial charge in [0, 0.05) is 31.2 Å². The van der Waals surface area contributed by atoms with E-state index in [0.717, 1.165) is 18.6 Å². The first-order valence-corrected chi connectivity index (χ1v) is 7.00. The first kappa shape index (κ1) is 14.0. The molecular weight excluding hydrogens is 274 g/mol. The van der Waals surface area contributed by atoms with Crippen LogP contribution in [0.2, 0.25) is 0 Å². The Balaban J connectivity index is 1.75. The third-order valence-electron chi connectivity index (χ3n) is 3.98. The van der Waals surface area contributed by atoms with E-state index in [1.165, 1.54) is 12.1 Å². The van der Waals surface area contributed by atoms with Crippen LogP contribution in [-0.4, -0.2) is 42.0 Å². The summed E-state index contributed by atoms with van der Waals surface area (Å²) in [5, 5.41) is 13.9. The number of carbonyl (C=O) groups excluding carboxylic acids is 1. The second-order valence-electron chi connectivity index (χ2n) is 5.41. The molecular formula is C14H17N3O4. The predicted molar refractivity (Wildman–Crippen MR) is 74.5 cm³/mol. The van der Waals surface area contributed by atoms with E-state index in [0.29, 0.717) is 25.6 Å². The van der Waals surface area contributed by atoms with Gasteiger partial charge in [-0.05, 0) is 24.1 Å². The summed E-state index contributed by atoms with van der Waals surface area (Å²) in [5.74, 6) is 0.430. The third kappa shape index (κ3) is 2.88. The largest absolute Gasteiger partial charge is 0.381 e. The molecule has 0 bridgehead atoms. The Morgan fingerprint density at radius 3 is 2.76 bits per heavy atom. The molecule has 0 radical (unpaired) electrons. The number of rotatable bonds is 4. The van der Waals surface area contributed by atoms with Crippen molar-refractivity contribution < 1.29 is 14.5 Å². The maximum Gasteiger partial charge on any atom is 0.269 e. The zero-order chi connectivity index (χ0) is 14.8. The van der Waals surface area contributed by atoms with Crippen molar-refractivity contribution in [3.63, 3.8) is 0 Å². The molecule has 112 valence electrons. The van der Waals surface area contributed by atoms with Crippen molar-refractivity contribution in [2.75, 3.05) is 26.3 Å². The van der Waals surface area contributed by atoms with Crippen LogP contribution in [0, 0.1) is 16.0 Å². The SMILES string of the molecule is O=C1CNC(c2ccc([N+](=O)[O-])cc2)N1CC1CCOC1. The molecule has 1 amide bonds. The molecule has 0 aliphatic carbocycles. The Hall–Kier alpha value is -1.99. The fraction of sp³-hybridized carbons (Fsp3) is 0.500. The molecule has 2 heterocycles. The first-order chi connectivity index (χ1) is 10.1. The summed E-state index contributed by atoms with van der Waals surface area (Å²) in [6.45, 7) is 2.40. The van der Waals surface area contributed by atoms with Gasteiger partial charge in [-0.3, -0.25) is 20.2 Å². The van der Waals surface area contributed by atoms with E-state index >= 15 is 0 Å². The second kappa shape index (κ2) is 5.79. The molecule has 2 unspecified atom stereocenters. The summed E-state index contributed by atoms with van der Waals surface area (Å²) in [4.78, 5) is 24.1. The molecule has 2 fully saturated rings. The van der Waals surface area contributed by atoms with Crippen LogP contribution in [0.15, 0.2) is 24.3 Å². The quantitative estimate of drug-likeness (QED) is 0.662. The normalized spacial score (nSPS) is 25.5. The lowest BCUT2D eigenvalue weighted by Crippen LogP contribution is -2.35. The van der Waals surface area contributed by atoms with Crippen LogP contribution < -0.4 is 5.32 Å². The molecule has 0 aromatic heterocycles.